The van der Waals surface area contributed by atoms with Gasteiger partial charge in [-0.2, -0.15) is 0 Å². The molecule has 0 spiro atoms. The molecule has 34 heavy (non-hydrogen) atoms. The first-order valence-electron chi connectivity index (χ1n) is 13.0. The van der Waals surface area contributed by atoms with Gasteiger partial charge in [0.1, 0.15) is 11.5 Å². The number of allylic oxidation sites excluding steroid dienone is 3. The average Bonchev–Trinajstić information content (AvgIpc) is 3.12. The lowest BCUT2D eigenvalue weighted by Gasteiger charge is -2.38. The van der Waals surface area contributed by atoms with Crippen LogP contribution >= 0.6 is 0 Å². The highest BCUT2D eigenvalue weighted by Gasteiger charge is 2.40. The van der Waals surface area contributed by atoms with Gasteiger partial charge in [0.2, 0.25) is 0 Å². The van der Waals surface area contributed by atoms with Gasteiger partial charge < -0.3 is 9.47 Å². The molecule has 2 aliphatic carbocycles. The van der Waals surface area contributed by atoms with Gasteiger partial charge >= 0.3 is 0 Å². The van der Waals surface area contributed by atoms with Crippen molar-refractivity contribution in [2.75, 3.05) is 32.8 Å². The molecule has 0 aromatic heterocycles. The summed E-state index contributed by atoms with van der Waals surface area (Å²) in [5.74, 6) is 1.53. The molecule has 4 rings (SSSR count). The molecule has 1 aliphatic heterocycles. The number of likely N-dealkylation sites (tertiary alicyclic amines) is 1. The van der Waals surface area contributed by atoms with E-state index in [0.717, 1.165) is 60.3 Å². The van der Waals surface area contributed by atoms with Gasteiger partial charge in [-0.1, -0.05) is 26.5 Å². The van der Waals surface area contributed by atoms with Crippen LogP contribution in [0.25, 0.3) is 5.57 Å². The van der Waals surface area contributed by atoms with Crippen molar-refractivity contribution >= 4 is 5.57 Å². The van der Waals surface area contributed by atoms with Gasteiger partial charge in [-0.05, 0) is 97.8 Å². The molecule has 1 atom stereocenters. The number of hydrogen-bond acceptors (Lipinski definition) is 3. The molecule has 186 valence electrons. The molecular weight excluding hydrogens is 432 g/mol. The largest absolute Gasteiger partial charge is 0.490 e. The zero-order valence-electron chi connectivity index (χ0n) is 20.8. The van der Waals surface area contributed by atoms with Crippen LogP contribution in [-0.4, -0.2) is 43.4 Å². The van der Waals surface area contributed by atoms with Crippen molar-refractivity contribution in [3.63, 3.8) is 0 Å². The van der Waals surface area contributed by atoms with Crippen molar-refractivity contribution in [1.29, 1.82) is 0 Å². The molecule has 1 aromatic rings. The van der Waals surface area contributed by atoms with Crippen LogP contribution in [0.2, 0.25) is 0 Å². The Balaban J connectivity index is 1.38. The number of halogens is 2. The molecule has 1 heterocycles. The van der Waals surface area contributed by atoms with Gasteiger partial charge in [0.25, 0.3) is 0 Å². The van der Waals surface area contributed by atoms with Crippen molar-refractivity contribution in [1.82, 2.24) is 4.90 Å². The smallest absolute Gasteiger partial charge is 0.161 e. The van der Waals surface area contributed by atoms with Crippen LogP contribution in [0.5, 0.6) is 11.5 Å². The van der Waals surface area contributed by atoms with Gasteiger partial charge in [-0.3, -0.25) is 4.90 Å². The number of benzene rings is 1. The summed E-state index contributed by atoms with van der Waals surface area (Å²) in [6.07, 6.45) is 9.44. The number of nitrogens with zero attached hydrogens (tertiary/aromatic N) is 1. The summed E-state index contributed by atoms with van der Waals surface area (Å²) in [7, 11) is 0. The number of ether oxygens (including phenoxy) is 2. The number of hydrogen-bond donors (Lipinski definition) is 0. The maximum absolute atomic E-state index is 15.9. The van der Waals surface area contributed by atoms with E-state index in [1.165, 1.54) is 5.56 Å². The van der Waals surface area contributed by atoms with Gasteiger partial charge in [-0.25, -0.2) is 8.78 Å². The Morgan fingerprint density at radius 2 is 1.68 bits per heavy atom. The lowest BCUT2D eigenvalue weighted by atomic mass is 9.82. The van der Waals surface area contributed by atoms with Crippen LogP contribution in [0.4, 0.5) is 8.78 Å². The fourth-order valence-corrected chi connectivity index (χ4v) is 5.36. The van der Waals surface area contributed by atoms with Crippen LogP contribution < -0.4 is 9.47 Å². The van der Waals surface area contributed by atoms with Gasteiger partial charge in [0, 0.05) is 19.6 Å². The molecule has 0 radical (unpaired) electrons. The van der Waals surface area contributed by atoms with Crippen molar-refractivity contribution in [2.45, 2.75) is 70.9 Å². The summed E-state index contributed by atoms with van der Waals surface area (Å²) in [5, 5.41) is 0. The Hall–Kier alpha value is -2.14. The Labute approximate surface area is 203 Å². The predicted octanol–water partition coefficient (Wildman–Crippen LogP) is 7.22. The predicted molar refractivity (Wildman–Crippen MR) is 135 cm³/mol. The molecule has 5 heteroatoms. The van der Waals surface area contributed by atoms with E-state index in [-0.39, 0.29) is 11.7 Å². The van der Waals surface area contributed by atoms with E-state index >= 15 is 4.39 Å². The zero-order chi connectivity index (χ0) is 24.1. The van der Waals surface area contributed by atoms with E-state index in [1.54, 1.807) is 6.08 Å². The number of alkyl halides is 1. The number of rotatable bonds is 10. The van der Waals surface area contributed by atoms with Crippen LogP contribution in [0.15, 0.2) is 42.3 Å². The van der Waals surface area contributed by atoms with Crippen LogP contribution in [0, 0.1) is 5.92 Å². The minimum atomic E-state index is -1.20. The fourth-order valence-electron chi connectivity index (χ4n) is 5.36. The maximum atomic E-state index is 15.9. The van der Waals surface area contributed by atoms with Crippen LogP contribution in [0.1, 0.15) is 69.9 Å². The minimum absolute atomic E-state index is 0.0911. The summed E-state index contributed by atoms with van der Waals surface area (Å²) in [4.78, 5) is 2.19. The first-order chi connectivity index (χ1) is 16.4. The molecule has 3 nitrogen and oxygen atoms in total. The van der Waals surface area contributed by atoms with Gasteiger partial charge in [0.05, 0.1) is 13.2 Å². The van der Waals surface area contributed by atoms with Crippen molar-refractivity contribution in [2.24, 2.45) is 5.92 Å². The second kappa shape index (κ2) is 11.1. The standard InChI is InChI=1S/C29H39F2NO2/c1-4-14-33-27-17-23-16-24(21(3)25(23)18-28(27)34-15-5-2)19-29(31)10-12-32(13-11-29)20-22-8-6-7-9-26(22)30/h8-9,17-18,24H,3-7,10-16,19-20H2,1-2H3. The van der Waals surface area contributed by atoms with E-state index in [4.69, 9.17) is 9.47 Å². The summed E-state index contributed by atoms with van der Waals surface area (Å²) < 4.78 is 41.9. The number of piperidine rings is 1. The maximum Gasteiger partial charge on any atom is 0.161 e. The highest BCUT2D eigenvalue weighted by molar-refractivity contribution is 5.75. The summed E-state index contributed by atoms with van der Waals surface area (Å²) >= 11 is 0. The van der Waals surface area contributed by atoms with Crippen molar-refractivity contribution < 1.29 is 18.3 Å². The first-order valence-corrected chi connectivity index (χ1v) is 13.0. The fraction of sp³-hybridized carbons (Fsp3) is 0.586. The number of fused-ring (bicyclic) bond motifs is 1. The summed E-state index contributed by atoms with van der Waals surface area (Å²) in [6.45, 7) is 11.7. The third kappa shape index (κ3) is 5.73. The van der Waals surface area contributed by atoms with Gasteiger partial charge in [-0.15, -0.1) is 0 Å². The van der Waals surface area contributed by atoms with Crippen LogP contribution in [0.3, 0.4) is 0 Å². The molecule has 0 saturated carbocycles. The Bertz CT molecular complexity index is 944. The highest BCUT2D eigenvalue weighted by Crippen LogP contribution is 2.47. The summed E-state index contributed by atoms with van der Waals surface area (Å²) in [6, 6.07) is 4.13. The summed E-state index contributed by atoms with van der Waals surface area (Å²) in [5.41, 5.74) is 2.84. The molecule has 1 saturated heterocycles. The molecule has 0 bridgehead atoms. The quantitative estimate of drug-likeness (QED) is 0.360. The second-order valence-electron chi connectivity index (χ2n) is 10.1. The Morgan fingerprint density at radius 3 is 2.32 bits per heavy atom. The highest BCUT2D eigenvalue weighted by atomic mass is 19.1. The van der Waals surface area contributed by atoms with Crippen LogP contribution in [-0.2, 0) is 6.42 Å². The molecule has 1 fully saturated rings. The molecule has 1 unspecified atom stereocenters. The van der Waals surface area contributed by atoms with E-state index in [9.17, 15) is 4.39 Å². The molecule has 1 aromatic carbocycles. The average molecular weight is 472 g/mol. The first kappa shape index (κ1) is 25.0. The molecule has 3 aliphatic rings. The van der Waals surface area contributed by atoms with E-state index in [1.807, 2.05) is 12.1 Å². The third-order valence-corrected chi connectivity index (χ3v) is 7.34. The van der Waals surface area contributed by atoms with E-state index in [2.05, 4.69) is 31.4 Å². The lowest BCUT2D eigenvalue weighted by molar-refractivity contribution is 0.0465. The third-order valence-electron chi connectivity index (χ3n) is 7.34. The van der Waals surface area contributed by atoms with Gasteiger partial charge in [0.15, 0.2) is 11.5 Å². The zero-order valence-corrected chi connectivity index (χ0v) is 20.8. The SMILES string of the molecule is C=C1c2cc(OCCC)c(OCCC)cc2CC1CC1(F)CCN(CC2=CCCC=C2F)CC1. The molecule has 0 amide bonds. The van der Waals surface area contributed by atoms with Crippen molar-refractivity contribution in [3.05, 3.63) is 53.4 Å². The monoisotopic (exact) mass is 471 g/mol. The van der Waals surface area contributed by atoms with E-state index in [0.29, 0.717) is 52.1 Å². The Kier molecular flexibility index (Phi) is 8.13. The Morgan fingerprint density at radius 1 is 1.03 bits per heavy atom. The topological polar surface area (TPSA) is 21.7 Å². The molecular formula is C29H39F2NO2. The van der Waals surface area contributed by atoms with E-state index < -0.39 is 5.67 Å². The molecule has 0 N–H and O–H groups in total. The van der Waals surface area contributed by atoms with Crippen molar-refractivity contribution in [3.8, 4) is 11.5 Å². The lowest BCUT2D eigenvalue weighted by Crippen LogP contribution is -2.43. The second-order valence-corrected chi connectivity index (χ2v) is 10.1. The minimum Gasteiger partial charge on any atom is -0.490 e. The normalized spacial score (nSPS) is 22.2.